The fourth-order valence-electron chi connectivity index (χ4n) is 9.89. The fraction of sp³-hybridized carbons (Fsp3) is 0.0345. The molecule has 0 radical (unpaired) electrons. The molecule has 0 saturated carbocycles. The zero-order valence-corrected chi connectivity index (χ0v) is 33.0. The molecular formula is C58H40N2. The molecule has 0 bridgehead atoms. The third-order valence-electron chi connectivity index (χ3n) is 12.7. The summed E-state index contributed by atoms with van der Waals surface area (Å²) in [4.78, 5) is 4.85. The van der Waals surface area contributed by atoms with E-state index in [9.17, 15) is 0 Å². The molecule has 2 unspecified atom stereocenters. The predicted molar refractivity (Wildman–Crippen MR) is 255 cm³/mol. The van der Waals surface area contributed by atoms with Gasteiger partial charge in [0.25, 0.3) is 0 Å². The number of nitrogens with zero attached hydrogens (tertiary/aromatic N) is 2. The minimum Gasteiger partial charge on any atom is -0.314 e. The number of hydrogen-bond acceptors (Lipinski definition) is 2. The summed E-state index contributed by atoms with van der Waals surface area (Å²) < 4.78 is 0. The van der Waals surface area contributed by atoms with Gasteiger partial charge in [-0.3, -0.25) is 0 Å². The van der Waals surface area contributed by atoms with Crippen molar-refractivity contribution in [2.75, 3.05) is 9.80 Å². The molecule has 0 amide bonds. The normalized spacial score (nSPS) is 16.1. The number of fused-ring (bicyclic) bond motifs is 3. The Balaban J connectivity index is 0.935. The summed E-state index contributed by atoms with van der Waals surface area (Å²) in [6, 6.07) is 70.9. The van der Waals surface area contributed by atoms with Crippen LogP contribution in [-0.4, -0.2) is 0 Å². The number of benzene rings is 9. The van der Waals surface area contributed by atoms with E-state index in [-0.39, 0.29) is 11.8 Å². The molecule has 0 aromatic heterocycles. The van der Waals surface area contributed by atoms with Crippen LogP contribution in [0.5, 0.6) is 0 Å². The molecule has 0 aliphatic heterocycles. The first-order valence-electron chi connectivity index (χ1n) is 20.9. The van der Waals surface area contributed by atoms with E-state index in [0.717, 1.165) is 22.7 Å². The van der Waals surface area contributed by atoms with E-state index in [1.165, 1.54) is 77.1 Å². The third kappa shape index (κ3) is 5.72. The average Bonchev–Trinajstić information content (AvgIpc) is 3.32. The van der Waals surface area contributed by atoms with Crippen LogP contribution in [0.4, 0.5) is 28.4 Å². The van der Waals surface area contributed by atoms with Gasteiger partial charge in [-0.1, -0.05) is 164 Å². The molecule has 0 spiro atoms. The number of allylic oxidation sites excluding steroid dienone is 5. The molecule has 2 atom stereocenters. The van der Waals surface area contributed by atoms with E-state index in [1.807, 2.05) is 0 Å². The minimum atomic E-state index is 0.169. The van der Waals surface area contributed by atoms with Crippen molar-refractivity contribution in [3.63, 3.8) is 0 Å². The van der Waals surface area contributed by atoms with Crippen LogP contribution in [-0.2, 0) is 0 Å². The van der Waals surface area contributed by atoms with Gasteiger partial charge in [0.15, 0.2) is 0 Å². The topological polar surface area (TPSA) is 6.48 Å². The first-order valence-corrected chi connectivity index (χ1v) is 20.9. The molecule has 3 aliphatic rings. The van der Waals surface area contributed by atoms with E-state index in [1.54, 1.807) is 0 Å². The molecule has 282 valence electrons. The highest BCUT2D eigenvalue weighted by molar-refractivity contribution is 5.94. The highest BCUT2D eigenvalue weighted by Gasteiger charge is 2.39. The van der Waals surface area contributed by atoms with E-state index < -0.39 is 0 Å². The van der Waals surface area contributed by atoms with Crippen molar-refractivity contribution in [3.8, 4) is 11.1 Å². The lowest BCUT2D eigenvalue weighted by Crippen LogP contribution is -2.31. The molecule has 2 heteroatoms. The molecule has 0 heterocycles. The molecule has 2 nitrogen and oxygen atoms in total. The van der Waals surface area contributed by atoms with E-state index >= 15 is 0 Å². The van der Waals surface area contributed by atoms with E-state index in [2.05, 4.69) is 240 Å². The van der Waals surface area contributed by atoms with Gasteiger partial charge in [-0.15, -0.1) is 0 Å². The lowest BCUT2D eigenvalue weighted by molar-refractivity contribution is 0.619. The minimum absolute atomic E-state index is 0.169. The molecule has 0 N–H and O–H groups in total. The maximum Gasteiger partial charge on any atom is 0.0468 e. The smallest absolute Gasteiger partial charge is 0.0468 e. The summed E-state index contributed by atoms with van der Waals surface area (Å²) >= 11 is 0. The zero-order valence-electron chi connectivity index (χ0n) is 33.0. The van der Waals surface area contributed by atoms with Crippen LogP contribution in [0.15, 0.2) is 230 Å². The zero-order chi connectivity index (χ0) is 39.6. The van der Waals surface area contributed by atoms with E-state index in [0.29, 0.717) is 0 Å². The van der Waals surface area contributed by atoms with Gasteiger partial charge >= 0.3 is 0 Å². The van der Waals surface area contributed by atoms with Gasteiger partial charge < -0.3 is 9.80 Å². The average molecular weight is 765 g/mol. The Morgan fingerprint density at radius 3 is 1.48 bits per heavy atom. The Bertz CT molecular complexity index is 3200. The van der Waals surface area contributed by atoms with Crippen LogP contribution in [0.2, 0.25) is 0 Å². The molecule has 12 rings (SSSR count). The second-order valence-corrected chi connectivity index (χ2v) is 16.1. The maximum absolute atomic E-state index is 2.47. The SMILES string of the molecule is C1=Cc2c(-c3ccc(N(c4ccc5ccccc5c4)c4ccc5ccccc5c4)cc3)ccc3c2C2C1=CC=C(N(c1ccccc1)c1ccc4ccccc4c1)C2C=C3. The fourth-order valence-corrected chi connectivity index (χ4v) is 9.89. The second kappa shape index (κ2) is 14.0. The Morgan fingerprint density at radius 2 is 0.883 bits per heavy atom. The Morgan fingerprint density at radius 1 is 0.367 bits per heavy atom. The first-order chi connectivity index (χ1) is 29.7. The summed E-state index contributed by atoms with van der Waals surface area (Å²) in [5.41, 5.74) is 14.9. The highest BCUT2D eigenvalue weighted by atomic mass is 15.2. The highest BCUT2D eigenvalue weighted by Crippen LogP contribution is 2.53. The summed E-state index contributed by atoms with van der Waals surface area (Å²) in [6.07, 6.45) is 14.2. The molecule has 0 saturated heterocycles. The monoisotopic (exact) mass is 764 g/mol. The molecular weight excluding hydrogens is 725 g/mol. The first kappa shape index (κ1) is 34.4. The van der Waals surface area contributed by atoms with Gasteiger partial charge in [0.1, 0.15) is 0 Å². The third-order valence-corrected chi connectivity index (χ3v) is 12.7. The number of rotatable bonds is 7. The van der Waals surface area contributed by atoms with Crippen molar-refractivity contribution in [1.29, 1.82) is 0 Å². The molecule has 9 aromatic carbocycles. The Kier molecular flexibility index (Phi) is 8.02. The Labute approximate surface area is 350 Å². The van der Waals surface area contributed by atoms with Gasteiger partial charge in [-0.2, -0.15) is 0 Å². The van der Waals surface area contributed by atoms with Gasteiger partial charge in [-0.05, 0) is 132 Å². The van der Waals surface area contributed by atoms with Crippen molar-refractivity contribution in [3.05, 3.63) is 246 Å². The van der Waals surface area contributed by atoms with Crippen LogP contribution in [0, 0.1) is 5.92 Å². The lowest BCUT2D eigenvalue weighted by atomic mass is 9.66. The van der Waals surface area contributed by atoms with Gasteiger partial charge in [-0.25, -0.2) is 0 Å². The molecule has 3 aliphatic carbocycles. The number of hydrogen-bond donors (Lipinski definition) is 0. The van der Waals surface area contributed by atoms with Crippen molar-refractivity contribution in [2.24, 2.45) is 5.92 Å². The summed E-state index contributed by atoms with van der Waals surface area (Å²) in [7, 11) is 0. The van der Waals surface area contributed by atoms with Crippen LogP contribution in [0.1, 0.15) is 22.6 Å². The largest absolute Gasteiger partial charge is 0.314 e. The van der Waals surface area contributed by atoms with Gasteiger partial charge in [0, 0.05) is 46.0 Å². The van der Waals surface area contributed by atoms with Crippen LogP contribution in [0.25, 0.3) is 55.6 Å². The van der Waals surface area contributed by atoms with Crippen LogP contribution >= 0.6 is 0 Å². The quantitative estimate of drug-likeness (QED) is 0.159. The standard InChI is InChI=1S/C58H40N2/c1-2-16-48(17-3-1)60(52-31-20-41-12-6-9-15-47(41)38-52)56-35-26-44-24-33-54-53(32-23-43-25-34-55(56)58(44)57(43)54)42-21-27-49(28-22-42)59(50-29-18-39-10-4-7-13-45(39)36-50)51-30-19-40-11-5-8-14-46(40)37-51/h1-38,55,58H. The van der Waals surface area contributed by atoms with E-state index in [4.69, 9.17) is 0 Å². The maximum atomic E-state index is 2.47. The molecule has 0 fully saturated rings. The van der Waals surface area contributed by atoms with Gasteiger partial charge in [0.05, 0.1) is 0 Å². The lowest BCUT2D eigenvalue weighted by Gasteiger charge is -2.42. The summed E-state index contributed by atoms with van der Waals surface area (Å²) in [5, 5.41) is 7.41. The Hall–Kier alpha value is -7.68. The molecule has 60 heavy (non-hydrogen) atoms. The van der Waals surface area contributed by atoms with Crippen LogP contribution in [0.3, 0.4) is 0 Å². The number of para-hydroxylation sites is 1. The van der Waals surface area contributed by atoms with Gasteiger partial charge in [0.2, 0.25) is 0 Å². The van der Waals surface area contributed by atoms with Crippen LogP contribution < -0.4 is 9.80 Å². The number of anilines is 5. The van der Waals surface area contributed by atoms with Crippen molar-refractivity contribution in [1.82, 2.24) is 0 Å². The van der Waals surface area contributed by atoms with Crippen molar-refractivity contribution in [2.45, 2.75) is 5.92 Å². The molecule has 9 aromatic rings. The predicted octanol–water partition coefficient (Wildman–Crippen LogP) is 15.7. The summed E-state index contributed by atoms with van der Waals surface area (Å²) in [5.74, 6) is 0.384. The van der Waals surface area contributed by atoms with Crippen molar-refractivity contribution >= 4 is 72.9 Å². The summed E-state index contributed by atoms with van der Waals surface area (Å²) in [6.45, 7) is 0. The van der Waals surface area contributed by atoms with Crippen molar-refractivity contribution < 1.29 is 0 Å². The second-order valence-electron chi connectivity index (χ2n) is 16.1.